The lowest BCUT2D eigenvalue weighted by Crippen LogP contribution is -2.50. The van der Waals surface area contributed by atoms with Crippen molar-refractivity contribution < 1.29 is 50.1 Å². The molecule has 4 rings (SSSR count). The molecule has 0 aliphatic carbocycles. The number of halogens is 6. The number of ether oxygens (including phenoxy) is 3. The van der Waals surface area contributed by atoms with Crippen LogP contribution in [0.1, 0.15) is 29.2 Å². The highest BCUT2D eigenvalue weighted by Gasteiger charge is 2.38. The third kappa shape index (κ3) is 7.30. The minimum Gasteiger partial charge on any atom is -0.493 e. The number of hydrogen-bond donors (Lipinski definition) is 0. The second-order valence-electron chi connectivity index (χ2n) is 9.05. The summed E-state index contributed by atoms with van der Waals surface area (Å²) in [7, 11) is 1.31. The molecule has 2 aliphatic heterocycles. The monoisotopic (exact) mass is 617 g/mol. The van der Waals surface area contributed by atoms with Crippen molar-refractivity contribution in [1.29, 1.82) is 0 Å². The van der Waals surface area contributed by atoms with Crippen molar-refractivity contribution in [1.82, 2.24) is 9.80 Å². The molecule has 8 nitrogen and oxygen atoms in total. The number of nitrogens with zero attached hydrogens (tertiary/aromatic N) is 3. The van der Waals surface area contributed by atoms with E-state index in [9.17, 15) is 35.9 Å². The van der Waals surface area contributed by atoms with Crippen LogP contribution in [-0.2, 0) is 28.5 Å². The Morgan fingerprint density at radius 2 is 1.71 bits per heavy atom. The number of hydrogen-bond acceptors (Lipinski definition) is 7. The summed E-state index contributed by atoms with van der Waals surface area (Å²) < 4.78 is 95.1. The molecule has 1 saturated heterocycles. The lowest BCUT2D eigenvalue weighted by atomic mass is 10.0. The molecule has 2 heterocycles. The van der Waals surface area contributed by atoms with Gasteiger partial charge in [0.1, 0.15) is 6.61 Å². The second-order valence-corrected chi connectivity index (χ2v) is 10.1. The molecule has 2 aliphatic rings. The van der Waals surface area contributed by atoms with E-state index >= 15 is 0 Å². The zero-order valence-corrected chi connectivity index (χ0v) is 23.2. The van der Waals surface area contributed by atoms with Crippen molar-refractivity contribution in [3.05, 3.63) is 63.6 Å². The number of carbonyl (C=O) groups is 2. The second kappa shape index (κ2) is 12.5. The Balaban J connectivity index is 1.43. The number of amidine groups is 1. The smallest absolute Gasteiger partial charge is 0.416 e. The van der Waals surface area contributed by atoms with Crippen molar-refractivity contribution in [2.45, 2.75) is 25.9 Å². The quantitative estimate of drug-likeness (QED) is 0.288. The van der Waals surface area contributed by atoms with E-state index in [1.54, 1.807) is 24.0 Å². The van der Waals surface area contributed by atoms with Gasteiger partial charge in [-0.3, -0.25) is 4.79 Å². The van der Waals surface area contributed by atoms with Gasteiger partial charge in [-0.1, -0.05) is 12.1 Å². The van der Waals surface area contributed by atoms with Gasteiger partial charge in [0, 0.05) is 31.7 Å². The number of amides is 2. The average Bonchev–Trinajstić information content (AvgIpc) is 3.31. The van der Waals surface area contributed by atoms with Crippen molar-refractivity contribution >= 4 is 35.0 Å². The van der Waals surface area contributed by atoms with Crippen LogP contribution in [0.15, 0.2) is 46.3 Å². The van der Waals surface area contributed by atoms with Gasteiger partial charge in [-0.2, -0.15) is 31.3 Å². The highest BCUT2D eigenvalue weighted by atomic mass is 32.2. The molecule has 2 amide bonds. The highest BCUT2D eigenvalue weighted by Crippen LogP contribution is 2.39. The first-order chi connectivity index (χ1) is 19.8. The minimum atomic E-state index is -5.03. The number of benzene rings is 2. The highest BCUT2D eigenvalue weighted by molar-refractivity contribution is 8.18. The molecular weight excluding hydrogens is 592 g/mol. The Morgan fingerprint density at radius 3 is 2.33 bits per heavy atom. The Morgan fingerprint density at radius 1 is 1.00 bits per heavy atom. The fourth-order valence-corrected chi connectivity index (χ4v) is 5.14. The van der Waals surface area contributed by atoms with Crippen LogP contribution in [0.5, 0.6) is 11.5 Å². The van der Waals surface area contributed by atoms with Crippen molar-refractivity contribution in [3.8, 4) is 11.5 Å². The van der Waals surface area contributed by atoms with Gasteiger partial charge in [0.05, 0.1) is 29.7 Å². The Hall–Kier alpha value is -3.88. The molecule has 0 unspecified atom stereocenters. The van der Waals surface area contributed by atoms with Gasteiger partial charge in [-0.25, -0.2) is 4.79 Å². The lowest BCUT2D eigenvalue weighted by Gasteiger charge is -2.34. The van der Waals surface area contributed by atoms with Crippen LogP contribution < -0.4 is 9.47 Å². The van der Waals surface area contributed by atoms with Gasteiger partial charge in [0.25, 0.3) is 5.91 Å². The van der Waals surface area contributed by atoms with Crippen molar-refractivity contribution in [3.63, 3.8) is 0 Å². The van der Waals surface area contributed by atoms with Gasteiger partial charge < -0.3 is 24.0 Å². The van der Waals surface area contributed by atoms with E-state index in [-0.39, 0.29) is 24.2 Å². The van der Waals surface area contributed by atoms with E-state index < -0.39 is 47.7 Å². The van der Waals surface area contributed by atoms with Gasteiger partial charge in [0.2, 0.25) is 0 Å². The number of thioether (sulfide) groups is 1. The number of rotatable bonds is 6. The summed E-state index contributed by atoms with van der Waals surface area (Å²) in [6, 6.07) is 5.82. The third-order valence-corrected chi connectivity index (χ3v) is 7.34. The maximum atomic E-state index is 13.5. The van der Waals surface area contributed by atoms with E-state index in [4.69, 9.17) is 14.2 Å². The lowest BCUT2D eigenvalue weighted by molar-refractivity contribution is -0.143. The molecule has 0 saturated carbocycles. The molecule has 42 heavy (non-hydrogen) atoms. The van der Waals surface area contributed by atoms with E-state index in [1.165, 1.54) is 31.0 Å². The van der Waals surface area contributed by atoms with Gasteiger partial charge in [-0.15, -0.1) is 0 Å². The van der Waals surface area contributed by atoms with Crippen molar-refractivity contribution in [2.24, 2.45) is 4.99 Å². The first kappa shape index (κ1) is 31.1. The zero-order valence-electron chi connectivity index (χ0n) is 22.3. The summed E-state index contributed by atoms with van der Waals surface area (Å²) in [6.45, 7) is 3.12. The minimum absolute atomic E-state index is 0.0504. The standard InChI is InChI=1S/C27H25F6N3O5S/c1-3-40-25(38)36-10-8-35(9-11-36)24-34-23(37)22(42-24)13-16-4-7-20(21(12-16)39-2)41-15-17-5-6-18(26(28,29)30)14-19(17)27(31,32)33/h4-7,12-14H,3,8-11,15H2,1-2H3/b22-13-. The molecule has 1 fully saturated rings. The molecule has 0 bridgehead atoms. The normalized spacial score (nSPS) is 17.0. The molecule has 0 radical (unpaired) electrons. The number of piperazine rings is 1. The fourth-order valence-electron chi connectivity index (χ4n) is 4.17. The predicted octanol–water partition coefficient (Wildman–Crippen LogP) is 6.06. The van der Waals surface area contributed by atoms with Crippen LogP contribution >= 0.6 is 11.8 Å². The topological polar surface area (TPSA) is 80.7 Å². The SMILES string of the molecule is CCOC(=O)N1CCN(C2=NC(=O)/C(=C/c3ccc(OCc4ccc(C(F)(F)F)cc4C(F)(F)F)c(OC)c3)S2)CC1. The zero-order chi connectivity index (χ0) is 30.7. The first-order valence-corrected chi connectivity index (χ1v) is 13.4. The van der Waals surface area contributed by atoms with Crippen LogP contribution in [0.4, 0.5) is 31.1 Å². The maximum Gasteiger partial charge on any atom is 0.416 e. The number of alkyl halides is 6. The van der Waals surface area contributed by atoms with E-state index in [0.717, 1.165) is 6.07 Å². The largest absolute Gasteiger partial charge is 0.493 e. The average molecular weight is 618 g/mol. The summed E-state index contributed by atoms with van der Waals surface area (Å²) in [5.74, 6) is -0.268. The fraction of sp³-hybridized carbons (Fsp3) is 0.370. The summed E-state index contributed by atoms with van der Waals surface area (Å²) in [6.07, 6.45) is -8.78. The summed E-state index contributed by atoms with van der Waals surface area (Å²) >= 11 is 1.17. The summed E-state index contributed by atoms with van der Waals surface area (Å²) in [4.78, 5) is 32.4. The van der Waals surface area contributed by atoms with Gasteiger partial charge in [0.15, 0.2) is 16.7 Å². The molecule has 0 aromatic heterocycles. The van der Waals surface area contributed by atoms with Crippen LogP contribution in [-0.4, -0.2) is 66.9 Å². The van der Waals surface area contributed by atoms with Gasteiger partial charge >= 0.3 is 18.4 Å². The number of carbonyl (C=O) groups excluding carboxylic acids is 2. The molecule has 2 aromatic carbocycles. The predicted molar refractivity (Wildman–Crippen MR) is 142 cm³/mol. The Bertz CT molecular complexity index is 1400. The van der Waals surface area contributed by atoms with E-state index in [0.29, 0.717) is 47.9 Å². The molecule has 0 spiro atoms. The third-order valence-electron chi connectivity index (χ3n) is 6.30. The van der Waals surface area contributed by atoms with Gasteiger partial charge in [-0.05, 0) is 54.6 Å². The van der Waals surface area contributed by atoms with Crippen LogP contribution in [0.25, 0.3) is 6.08 Å². The number of aliphatic imine (C=N–C) groups is 1. The molecule has 226 valence electrons. The Labute approximate surface area is 240 Å². The van der Waals surface area contributed by atoms with E-state index in [2.05, 4.69) is 4.99 Å². The summed E-state index contributed by atoms with van der Waals surface area (Å²) in [5.41, 5.74) is -2.83. The Kier molecular flexibility index (Phi) is 9.28. The van der Waals surface area contributed by atoms with E-state index in [1.807, 2.05) is 4.90 Å². The maximum absolute atomic E-state index is 13.5. The summed E-state index contributed by atoms with van der Waals surface area (Å²) in [5, 5.41) is 0.499. The molecule has 15 heteroatoms. The molecule has 2 aromatic rings. The molecule has 0 atom stereocenters. The first-order valence-electron chi connectivity index (χ1n) is 12.6. The molecular formula is C27H25F6N3O5S. The van der Waals surface area contributed by atoms with Crippen molar-refractivity contribution in [2.75, 3.05) is 39.9 Å². The number of methoxy groups -OCH3 is 1. The van der Waals surface area contributed by atoms with Crippen LogP contribution in [0, 0.1) is 0 Å². The molecule has 0 N–H and O–H groups in total. The van der Waals surface area contributed by atoms with Crippen LogP contribution in [0.2, 0.25) is 0 Å². The van der Waals surface area contributed by atoms with Crippen LogP contribution in [0.3, 0.4) is 0 Å².